The summed E-state index contributed by atoms with van der Waals surface area (Å²) in [5.41, 5.74) is 4.34. The van der Waals surface area contributed by atoms with Crippen LogP contribution in [0.3, 0.4) is 0 Å². The number of unbranched alkanes of at least 4 members (excludes halogenated alkanes) is 2. The SMILES string of the molecule is CCCCc1nc(CCCC)n(Cc2ccc(-c3ncccc3S(=O)(=O)N(COC)c3onc(C)c3C3CC3)c(COC)c2)n1. The van der Waals surface area contributed by atoms with E-state index in [0.717, 1.165) is 84.0 Å². The Morgan fingerprint density at radius 3 is 2.56 bits per heavy atom. The second-order valence-corrected chi connectivity index (χ2v) is 13.4. The van der Waals surface area contributed by atoms with Gasteiger partial charge in [-0.3, -0.25) is 4.98 Å². The van der Waals surface area contributed by atoms with Gasteiger partial charge < -0.3 is 14.0 Å². The molecular formula is C33H44N6O5S. The van der Waals surface area contributed by atoms with Crippen LogP contribution in [-0.4, -0.2) is 54.3 Å². The molecular weight excluding hydrogens is 592 g/mol. The summed E-state index contributed by atoms with van der Waals surface area (Å²) in [6, 6.07) is 9.14. The Morgan fingerprint density at radius 2 is 1.84 bits per heavy atom. The first kappa shape index (κ1) is 32.8. The fraction of sp³-hybridized carbons (Fsp3) is 0.515. The molecule has 3 aromatic heterocycles. The van der Waals surface area contributed by atoms with Crippen molar-refractivity contribution in [3.05, 3.63) is 70.6 Å². The van der Waals surface area contributed by atoms with E-state index < -0.39 is 10.0 Å². The zero-order valence-corrected chi connectivity index (χ0v) is 27.8. The Kier molecular flexibility index (Phi) is 10.7. The van der Waals surface area contributed by atoms with E-state index in [1.807, 2.05) is 29.8 Å². The van der Waals surface area contributed by atoms with Gasteiger partial charge in [0.1, 0.15) is 17.5 Å². The maximum Gasteiger partial charge on any atom is 0.270 e. The van der Waals surface area contributed by atoms with Crippen molar-refractivity contribution in [3.8, 4) is 11.3 Å². The van der Waals surface area contributed by atoms with Crippen LogP contribution in [0.2, 0.25) is 0 Å². The Labute approximate surface area is 266 Å². The number of pyridine rings is 1. The molecule has 0 atom stereocenters. The number of ether oxygens (including phenoxy) is 2. The molecule has 1 aromatic carbocycles. The molecule has 12 heteroatoms. The molecule has 3 heterocycles. The summed E-state index contributed by atoms with van der Waals surface area (Å²) in [5.74, 6) is 2.30. The average Bonchev–Trinajstić information content (AvgIpc) is 3.70. The fourth-order valence-corrected chi connectivity index (χ4v) is 7.09. The van der Waals surface area contributed by atoms with E-state index in [9.17, 15) is 8.42 Å². The third-order valence-corrected chi connectivity index (χ3v) is 9.78. The second kappa shape index (κ2) is 14.7. The molecule has 1 aliphatic rings. The standard InChI is InChI=1S/C33H44N6O5S/c1-6-8-12-29-35-30(13-9-7-2)38(36-29)20-24-14-17-27(26(19-24)21-42-4)32-28(11-10-18-34-32)45(40,41)39(22-43-5)33-31(25-15-16-25)23(3)37-44-33/h10-11,14,17-19,25H,6-9,12-13,15-16,20-22H2,1-5H3. The summed E-state index contributed by atoms with van der Waals surface area (Å²) in [5, 5.41) is 8.95. The molecule has 242 valence electrons. The molecule has 0 N–H and O–H groups in total. The van der Waals surface area contributed by atoms with Gasteiger partial charge in [-0.2, -0.15) is 5.10 Å². The van der Waals surface area contributed by atoms with Crippen molar-refractivity contribution < 1.29 is 22.4 Å². The molecule has 45 heavy (non-hydrogen) atoms. The normalized spacial score (nSPS) is 13.4. The summed E-state index contributed by atoms with van der Waals surface area (Å²) in [7, 11) is -1.09. The maximum atomic E-state index is 14.4. The number of methoxy groups -OCH3 is 2. The number of aromatic nitrogens is 5. The molecule has 11 nitrogen and oxygen atoms in total. The minimum absolute atomic E-state index is 0.0432. The number of nitrogens with zero attached hydrogens (tertiary/aromatic N) is 6. The van der Waals surface area contributed by atoms with Crippen molar-refractivity contribution >= 4 is 15.9 Å². The number of rotatable bonds is 17. The van der Waals surface area contributed by atoms with E-state index in [0.29, 0.717) is 23.5 Å². The Bertz CT molecular complexity index is 1700. The summed E-state index contributed by atoms with van der Waals surface area (Å²) in [4.78, 5) is 9.48. The molecule has 0 saturated heterocycles. The van der Waals surface area contributed by atoms with Gasteiger partial charge in [-0.05, 0) is 61.8 Å². The van der Waals surface area contributed by atoms with Crippen LogP contribution in [0.15, 0.2) is 45.9 Å². The van der Waals surface area contributed by atoms with Crippen LogP contribution in [-0.2, 0) is 45.5 Å². The third kappa shape index (κ3) is 7.29. The molecule has 4 aromatic rings. The van der Waals surface area contributed by atoms with Crippen LogP contribution in [0, 0.1) is 6.92 Å². The molecule has 5 rings (SSSR count). The number of sulfonamides is 1. The molecule has 0 bridgehead atoms. The Hall–Kier alpha value is -3.61. The van der Waals surface area contributed by atoms with Gasteiger partial charge in [0, 0.05) is 44.4 Å². The third-order valence-electron chi connectivity index (χ3n) is 8.04. The molecule has 1 saturated carbocycles. The highest BCUT2D eigenvalue weighted by molar-refractivity contribution is 7.93. The summed E-state index contributed by atoms with van der Waals surface area (Å²) >= 11 is 0. The summed E-state index contributed by atoms with van der Waals surface area (Å²) in [6.45, 7) is 6.78. The molecule has 0 amide bonds. The van der Waals surface area contributed by atoms with Crippen LogP contribution in [0.1, 0.15) is 92.3 Å². The first-order valence-electron chi connectivity index (χ1n) is 15.8. The number of hydrogen-bond acceptors (Lipinski definition) is 9. The molecule has 1 fully saturated rings. The number of anilines is 1. The fourth-order valence-electron chi connectivity index (χ4n) is 5.60. The van der Waals surface area contributed by atoms with E-state index in [-0.39, 0.29) is 30.0 Å². The molecule has 0 aliphatic heterocycles. The van der Waals surface area contributed by atoms with Crippen molar-refractivity contribution in [2.75, 3.05) is 25.3 Å². The predicted molar refractivity (Wildman–Crippen MR) is 171 cm³/mol. The lowest BCUT2D eigenvalue weighted by molar-refractivity contribution is 0.185. The zero-order chi connectivity index (χ0) is 32.0. The van der Waals surface area contributed by atoms with Crippen LogP contribution in [0.4, 0.5) is 5.88 Å². The maximum absolute atomic E-state index is 14.4. The monoisotopic (exact) mass is 636 g/mol. The minimum atomic E-state index is -4.17. The lowest BCUT2D eigenvalue weighted by Gasteiger charge is -2.23. The first-order chi connectivity index (χ1) is 21.8. The van der Waals surface area contributed by atoms with E-state index >= 15 is 0 Å². The lowest BCUT2D eigenvalue weighted by atomic mass is 10.0. The molecule has 0 spiro atoms. The summed E-state index contributed by atoms with van der Waals surface area (Å²) < 4.78 is 48.5. The largest absolute Gasteiger partial charge is 0.380 e. The average molecular weight is 637 g/mol. The van der Waals surface area contributed by atoms with Crippen molar-refractivity contribution in [2.24, 2.45) is 0 Å². The topological polar surface area (TPSA) is 125 Å². The van der Waals surface area contributed by atoms with Gasteiger partial charge >= 0.3 is 0 Å². The predicted octanol–water partition coefficient (Wildman–Crippen LogP) is 6.19. The summed E-state index contributed by atoms with van der Waals surface area (Å²) in [6.07, 6.45) is 9.55. The molecule has 0 unspecified atom stereocenters. The number of hydrogen-bond donors (Lipinski definition) is 0. The van der Waals surface area contributed by atoms with Gasteiger partial charge in [0.05, 0.1) is 24.5 Å². The van der Waals surface area contributed by atoms with Crippen LogP contribution < -0.4 is 4.31 Å². The Morgan fingerprint density at radius 1 is 1.07 bits per heavy atom. The molecule has 0 radical (unpaired) electrons. The zero-order valence-electron chi connectivity index (χ0n) is 27.0. The number of aryl methyl sites for hydroxylation is 3. The highest BCUT2D eigenvalue weighted by Crippen LogP contribution is 2.47. The lowest BCUT2D eigenvalue weighted by Crippen LogP contribution is -2.33. The van der Waals surface area contributed by atoms with Crippen molar-refractivity contribution in [2.45, 2.75) is 96.1 Å². The van der Waals surface area contributed by atoms with E-state index in [1.54, 1.807) is 25.4 Å². The van der Waals surface area contributed by atoms with Crippen molar-refractivity contribution in [1.82, 2.24) is 24.9 Å². The van der Waals surface area contributed by atoms with E-state index in [4.69, 9.17) is 24.1 Å². The van der Waals surface area contributed by atoms with Gasteiger partial charge in [-0.25, -0.2) is 22.4 Å². The highest BCUT2D eigenvalue weighted by atomic mass is 32.2. The van der Waals surface area contributed by atoms with Gasteiger partial charge in [-0.15, -0.1) is 0 Å². The first-order valence-corrected chi connectivity index (χ1v) is 17.2. The van der Waals surface area contributed by atoms with Gasteiger partial charge in [0.2, 0.25) is 5.88 Å². The quantitative estimate of drug-likeness (QED) is 0.125. The smallest absolute Gasteiger partial charge is 0.270 e. The van der Waals surface area contributed by atoms with Gasteiger partial charge in [0.15, 0.2) is 5.82 Å². The second-order valence-electron chi connectivity index (χ2n) is 11.6. The van der Waals surface area contributed by atoms with Crippen LogP contribution >= 0.6 is 0 Å². The van der Waals surface area contributed by atoms with Gasteiger partial charge in [-0.1, -0.05) is 50.0 Å². The van der Waals surface area contributed by atoms with E-state index in [2.05, 4.69) is 24.0 Å². The highest BCUT2D eigenvalue weighted by Gasteiger charge is 2.38. The van der Waals surface area contributed by atoms with Gasteiger partial charge in [0.25, 0.3) is 10.0 Å². The van der Waals surface area contributed by atoms with Crippen molar-refractivity contribution in [3.63, 3.8) is 0 Å². The van der Waals surface area contributed by atoms with Crippen molar-refractivity contribution in [1.29, 1.82) is 0 Å². The Balaban J connectivity index is 1.52. The minimum Gasteiger partial charge on any atom is -0.380 e. The molecule has 1 aliphatic carbocycles. The van der Waals surface area contributed by atoms with Crippen LogP contribution in [0.25, 0.3) is 11.3 Å². The van der Waals surface area contributed by atoms with E-state index in [1.165, 1.54) is 7.11 Å². The van der Waals surface area contributed by atoms with Crippen LogP contribution in [0.5, 0.6) is 0 Å². The number of benzene rings is 1.